The predicted octanol–water partition coefficient (Wildman–Crippen LogP) is 6.37. The molecule has 7 rings (SSSR count). The first kappa shape index (κ1) is 33.9. The van der Waals surface area contributed by atoms with E-state index in [2.05, 4.69) is 10.3 Å². The third-order valence-corrected chi connectivity index (χ3v) is 8.47. The molecule has 0 radical (unpaired) electrons. The number of anilines is 1. The number of rotatable bonds is 9. The summed E-state index contributed by atoms with van der Waals surface area (Å²) in [7, 11) is 0. The molecular weight excluding hydrogens is 679 g/mol. The van der Waals surface area contributed by atoms with Gasteiger partial charge in [0, 0.05) is 72.9 Å². The van der Waals surface area contributed by atoms with E-state index < -0.39 is 40.6 Å². The number of benzene rings is 3. The molecule has 51 heavy (non-hydrogen) atoms. The van der Waals surface area contributed by atoms with E-state index >= 15 is 4.39 Å². The molecule has 2 aromatic heterocycles. The number of pyridine rings is 2. The van der Waals surface area contributed by atoms with Crippen LogP contribution in [0.5, 0.6) is 23.0 Å². The van der Waals surface area contributed by atoms with E-state index in [4.69, 9.17) is 18.9 Å². The number of halogens is 5. The number of hydrogen-bond donors (Lipinski definition) is 1. The van der Waals surface area contributed by atoms with Gasteiger partial charge in [0.15, 0.2) is 11.6 Å². The molecule has 2 aliphatic rings. The zero-order chi connectivity index (χ0) is 35.7. The summed E-state index contributed by atoms with van der Waals surface area (Å²) in [6.07, 6.45) is -1.50. The maximum atomic E-state index is 15.4. The Hall–Kier alpha value is -5.54. The number of fused-ring (bicyclic) bond motifs is 2. The molecule has 0 bridgehead atoms. The van der Waals surface area contributed by atoms with Crippen LogP contribution in [0.15, 0.2) is 77.9 Å². The lowest BCUT2D eigenvalue weighted by Gasteiger charge is -2.26. The number of carbonyl (C=O) groups is 1. The molecule has 1 amide bonds. The molecule has 0 unspecified atom stereocenters. The van der Waals surface area contributed by atoms with Crippen molar-refractivity contribution in [3.05, 3.63) is 112 Å². The Labute approximate surface area is 286 Å². The molecule has 0 saturated carbocycles. The Morgan fingerprint density at radius 3 is 2.47 bits per heavy atom. The van der Waals surface area contributed by atoms with Gasteiger partial charge in [-0.25, -0.2) is 8.78 Å². The number of nitrogens with one attached hydrogen (secondary N) is 1. The smallest absolute Gasteiger partial charge is 0.419 e. The highest BCUT2D eigenvalue weighted by atomic mass is 19.4. The van der Waals surface area contributed by atoms with Gasteiger partial charge < -0.3 is 24.3 Å². The first-order valence-corrected chi connectivity index (χ1v) is 15.9. The molecule has 1 fully saturated rings. The van der Waals surface area contributed by atoms with Crippen molar-refractivity contribution in [1.82, 2.24) is 14.5 Å². The Bertz CT molecular complexity index is 2170. The second-order valence-corrected chi connectivity index (χ2v) is 11.8. The van der Waals surface area contributed by atoms with Gasteiger partial charge in [0.05, 0.1) is 30.9 Å². The molecule has 15 heteroatoms. The molecule has 1 saturated heterocycles. The summed E-state index contributed by atoms with van der Waals surface area (Å²) in [6.45, 7) is 3.07. The van der Waals surface area contributed by atoms with Crippen LogP contribution in [0.25, 0.3) is 16.6 Å². The third-order valence-electron chi connectivity index (χ3n) is 8.47. The van der Waals surface area contributed by atoms with Crippen LogP contribution in [0, 0.1) is 11.6 Å². The number of nitrogens with zero attached hydrogens (tertiary/aromatic N) is 3. The molecule has 0 aliphatic carbocycles. The van der Waals surface area contributed by atoms with Gasteiger partial charge in [0.1, 0.15) is 35.2 Å². The Balaban J connectivity index is 1.12. The van der Waals surface area contributed by atoms with Crippen molar-refractivity contribution < 1.29 is 45.7 Å². The minimum Gasteiger partial charge on any atom is -0.492 e. The first-order valence-electron chi connectivity index (χ1n) is 15.9. The predicted molar refractivity (Wildman–Crippen MR) is 175 cm³/mol. The molecule has 0 atom stereocenters. The van der Waals surface area contributed by atoms with Crippen LogP contribution >= 0.6 is 0 Å². The van der Waals surface area contributed by atoms with Gasteiger partial charge in [-0.3, -0.25) is 24.0 Å². The van der Waals surface area contributed by atoms with Crippen molar-refractivity contribution in [2.75, 3.05) is 51.4 Å². The minimum atomic E-state index is -4.77. The van der Waals surface area contributed by atoms with Crippen molar-refractivity contribution in [2.24, 2.45) is 0 Å². The van der Waals surface area contributed by atoms with Crippen LogP contribution in [0.3, 0.4) is 0 Å². The lowest BCUT2D eigenvalue weighted by Crippen LogP contribution is -2.38. The summed E-state index contributed by atoms with van der Waals surface area (Å²) in [5, 5.41) is 2.47. The quantitative estimate of drug-likeness (QED) is 0.176. The number of ether oxygens (including phenoxy) is 4. The topological polar surface area (TPSA) is 104 Å². The lowest BCUT2D eigenvalue weighted by atomic mass is 10.1. The number of aromatic nitrogens is 2. The van der Waals surface area contributed by atoms with Gasteiger partial charge in [-0.05, 0) is 48.5 Å². The second kappa shape index (κ2) is 14.0. The molecule has 5 aromatic rings. The zero-order valence-electron chi connectivity index (χ0n) is 26.8. The normalized spacial score (nSPS) is 14.6. The molecule has 1 N–H and O–H groups in total. The van der Waals surface area contributed by atoms with Crippen molar-refractivity contribution in [2.45, 2.75) is 12.6 Å². The third kappa shape index (κ3) is 7.21. The monoisotopic (exact) mass is 708 g/mol. The summed E-state index contributed by atoms with van der Waals surface area (Å²) in [5.41, 5.74) is -1.07. The molecule has 264 valence electrons. The Kier molecular flexibility index (Phi) is 9.31. The maximum absolute atomic E-state index is 15.4. The van der Waals surface area contributed by atoms with Crippen LogP contribution in [0.1, 0.15) is 21.5 Å². The Morgan fingerprint density at radius 2 is 1.73 bits per heavy atom. The molecule has 10 nitrogen and oxygen atoms in total. The maximum Gasteiger partial charge on any atom is 0.419 e. The summed E-state index contributed by atoms with van der Waals surface area (Å²) in [6, 6.07) is 11.9. The molecule has 2 aliphatic heterocycles. The van der Waals surface area contributed by atoms with E-state index in [1.165, 1.54) is 65.5 Å². The average molecular weight is 709 g/mol. The number of amides is 1. The van der Waals surface area contributed by atoms with E-state index in [9.17, 15) is 27.2 Å². The average Bonchev–Trinajstić information content (AvgIpc) is 3.57. The molecule has 3 aromatic carbocycles. The van der Waals surface area contributed by atoms with Crippen molar-refractivity contribution in [3.8, 4) is 28.7 Å². The van der Waals surface area contributed by atoms with Gasteiger partial charge in [-0.1, -0.05) is 0 Å². The Morgan fingerprint density at radius 1 is 0.941 bits per heavy atom. The van der Waals surface area contributed by atoms with Crippen LogP contribution in [-0.2, 0) is 17.3 Å². The number of alkyl halides is 3. The highest BCUT2D eigenvalue weighted by molar-refractivity contribution is 6.06. The van der Waals surface area contributed by atoms with Crippen molar-refractivity contribution >= 4 is 22.5 Å². The molecule has 4 heterocycles. The van der Waals surface area contributed by atoms with Gasteiger partial charge in [0.2, 0.25) is 0 Å². The number of hydrogen-bond acceptors (Lipinski definition) is 8. The van der Waals surface area contributed by atoms with Crippen LogP contribution in [-0.4, -0.2) is 66.4 Å². The van der Waals surface area contributed by atoms with Gasteiger partial charge >= 0.3 is 6.18 Å². The fourth-order valence-electron chi connectivity index (χ4n) is 5.91. The van der Waals surface area contributed by atoms with E-state index in [-0.39, 0.29) is 52.6 Å². The fraction of sp³-hybridized carbons (Fsp3) is 0.250. The SMILES string of the molecule is O=C(Nc1ccc(Oc2ccnc3cc(OCCN4CCOCC4)c(C(F)(F)F)cc23)c(F)c1)c1c2c(cn(-c3ccc(F)cc3)c1=O)CCO2. The highest BCUT2D eigenvalue weighted by Gasteiger charge is 2.35. The van der Waals surface area contributed by atoms with Crippen LogP contribution < -0.4 is 25.1 Å². The minimum absolute atomic E-state index is 0.0169. The first-order chi connectivity index (χ1) is 24.5. The van der Waals surface area contributed by atoms with Crippen molar-refractivity contribution in [1.29, 1.82) is 0 Å². The molecular formula is C36H29F5N4O6. The summed E-state index contributed by atoms with van der Waals surface area (Å²) in [5.74, 6) is -3.05. The molecule has 0 spiro atoms. The second-order valence-electron chi connectivity index (χ2n) is 11.8. The largest absolute Gasteiger partial charge is 0.492 e. The van der Waals surface area contributed by atoms with E-state index in [1.807, 2.05) is 4.90 Å². The summed E-state index contributed by atoms with van der Waals surface area (Å²) in [4.78, 5) is 33.1. The number of carbonyl (C=O) groups excluding carboxylic acids is 1. The van der Waals surface area contributed by atoms with E-state index in [1.54, 1.807) is 0 Å². The van der Waals surface area contributed by atoms with Crippen molar-refractivity contribution in [3.63, 3.8) is 0 Å². The summed E-state index contributed by atoms with van der Waals surface area (Å²) < 4.78 is 94.8. The lowest BCUT2D eigenvalue weighted by molar-refractivity contribution is -0.138. The van der Waals surface area contributed by atoms with E-state index in [0.29, 0.717) is 50.5 Å². The highest BCUT2D eigenvalue weighted by Crippen LogP contribution is 2.41. The number of morpholine rings is 1. The summed E-state index contributed by atoms with van der Waals surface area (Å²) >= 11 is 0. The standard InChI is InChI=1S/C36H29F5N4O6/c37-22-1-4-24(5-2-22)45-20-21-8-13-50-33(21)32(35(45)47)34(46)43-23-3-6-30(27(38)17-23)51-29-7-9-42-28-19-31(26(18-25(28)29)36(39,40)41)49-16-12-44-10-14-48-15-11-44/h1-7,9,17-20H,8,10-16H2,(H,43,46). The zero-order valence-corrected chi connectivity index (χ0v) is 26.8. The fourth-order valence-corrected chi connectivity index (χ4v) is 5.91. The van der Waals surface area contributed by atoms with Gasteiger partial charge in [0.25, 0.3) is 11.5 Å². The van der Waals surface area contributed by atoms with Gasteiger partial charge in [-0.15, -0.1) is 0 Å². The van der Waals surface area contributed by atoms with Gasteiger partial charge in [-0.2, -0.15) is 13.2 Å². The van der Waals surface area contributed by atoms with Crippen LogP contribution in [0.2, 0.25) is 0 Å². The van der Waals surface area contributed by atoms with Crippen LogP contribution in [0.4, 0.5) is 27.6 Å². The van der Waals surface area contributed by atoms with E-state index in [0.717, 1.165) is 12.1 Å².